The number of benzene rings is 8. The third-order valence-corrected chi connectivity index (χ3v) is 12.2. The molecule has 8 aromatic carbocycles. The standard InChI is InChI=1S/C55H39N3/c1-55(2)50-25-10-9-20-45(50)46-31-30-41(33-51(46)55)53-56-52(38-16-7-4-8-17-38)57-54(58-53)47-24-13-23-44-43-22-12-21-42(48(43)34-49(44)47)40-19-11-18-39(32-40)37-28-26-36(27-29-37)35-14-5-3-6-15-35/h3-33H,34H2,1-2H3. The van der Waals surface area contributed by atoms with Gasteiger partial charge in [-0.05, 0) is 90.0 Å². The SMILES string of the molecule is CC1(C)c2ccccc2-c2ccc(-c3nc(-c4ccccc4)nc(-c4cccc5c4Cc4c(-c6cccc(-c7ccc(-c8ccccc8)cc7)c6)cccc4-5)n3)cc21. The maximum Gasteiger partial charge on any atom is 0.164 e. The Morgan fingerprint density at radius 1 is 0.310 bits per heavy atom. The molecule has 0 N–H and O–H groups in total. The molecule has 0 bridgehead atoms. The van der Waals surface area contributed by atoms with E-state index in [0.717, 1.165) is 23.1 Å². The van der Waals surface area contributed by atoms with Gasteiger partial charge in [-0.1, -0.05) is 190 Å². The maximum absolute atomic E-state index is 5.29. The second kappa shape index (κ2) is 13.5. The first-order chi connectivity index (χ1) is 28.5. The smallest absolute Gasteiger partial charge is 0.164 e. The van der Waals surface area contributed by atoms with Crippen molar-refractivity contribution in [3.63, 3.8) is 0 Å². The molecule has 2 aliphatic rings. The minimum atomic E-state index is -0.129. The average Bonchev–Trinajstić information content (AvgIpc) is 3.79. The lowest BCUT2D eigenvalue weighted by atomic mass is 9.82. The zero-order valence-corrected chi connectivity index (χ0v) is 32.4. The van der Waals surface area contributed by atoms with Gasteiger partial charge in [0.1, 0.15) is 0 Å². The summed E-state index contributed by atoms with van der Waals surface area (Å²) in [6, 6.07) is 67.5. The van der Waals surface area contributed by atoms with Crippen molar-refractivity contribution in [1.29, 1.82) is 0 Å². The minimum absolute atomic E-state index is 0.129. The lowest BCUT2D eigenvalue weighted by Crippen LogP contribution is -2.15. The number of rotatable bonds is 6. The predicted molar refractivity (Wildman–Crippen MR) is 238 cm³/mol. The van der Waals surface area contributed by atoms with Crippen LogP contribution in [0.2, 0.25) is 0 Å². The van der Waals surface area contributed by atoms with Crippen LogP contribution in [0.1, 0.15) is 36.1 Å². The molecular weight excluding hydrogens is 703 g/mol. The zero-order chi connectivity index (χ0) is 38.8. The minimum Gasteiger partial charge on any atom is -0.208 e. The highest BCUT2D eigenvalue weighted by Gasteiger charge is 2.35. The molecule has 0 fully saturated rings. The maximum atomic E-state index is 5.29. The molecule has 11 rings (SSSR count). The Morgan fingerprint density at radius 2 is 0.776 bits per heavy atom. The number of hydrogen-bond donors (Lipinski definition) is 0. The van der Waals surface area contributed by atoms with Gasteiger partial charge >= 0.3 is 0 Å². The van der Waals surface area contributed by atoms with Gasteiger partial charge in [0.25, 0.3) is 0 Å². The number of nitrogens with zero attached hydrogens (tertiary/aromatic N) is 3. The lowest BCUT2D eigenvalue weighted by Gasteiger charge is -2.21. The van der Waals surface area contributed by atoms with Gasteiger partial charge in [-0.3, -0.25) is 0 Å². The largest absolute Gasteiger partial charge is 0.208 e. The summed E-state index contributed by atoms with van der Waals surface area (Å²) in [7, 11) is 0. The monoisotopic (exact) mass is 741 g/mol. The highest BCUT2D eigenvalue weighted by molar-refractivity contribution is 5.90. The average molecular weight is 742 g/mol. The van der Waals surface area contributed by atoms with Gasteiger partial charge in [0.05, 0.1) is 0 Å². The van der Waals surface area contributed by atoms with Crippen LogP contribution >= 0.6 is 0 Å². The molecule has 1 heterocycles. The fourth-order valence-electron chi connectivity index (χ4n) is 9.25. The van der Waals surface area contributed by atoms with Gasteiger partial charge in [-0.2, -0.15) is 0 Å². The third-order valence-electron chi connectivity index (χ3n) is 12.2. The molecule has 2 aliphatic carbocycles. The van der Waals surface area contributed by atoms with Crippen LogP contribution in [0, 0.1) is 0 Å². The van der Waals surface area contributed by atoms with Crippen LogP contribution < -0.4 is 0 Å². The van der Waals surface area contributed by atoms with E-state index in [1.165, 1.54) is 77.9 Å². The van der Waals surface area contributed by atoms with Crippen LogP contribution in [-0.2, 0) is 11.8 Å². The molecule has 3 nitrogen and oxygen atoms in total. The van der Waals surface area contributed by atoms with E-state index in [4.69, 9.17) is 15.0 Å². The van der Waals surface area contributed by atoms with E-state index in [1.807, 2.05) is 18.2 Å². The van der Waals surface area contributed by atoms with Gasteiger partial charge in [0.15, 0.2) is 17.5 Å². The van der Waals surface area contributed by atoms with Crippen molar-refractivity contribution in [3.05, 3.63) is 210 Å². The van der Waals surface area contributed by atoms with E-state index in [0.29, 0.717) is 17.5 Å². The van der Waals surface area contributed by atoms with E-state index in [-0.39, 0.29) is 5.41 Å². The molecule has 3 heteroatoms. The van der Waals surface area contributed by atoms with Crippen LogP contribution in [0.5, 0.6) is 0 Å². The summed E-state index contributed by atoms with van der Waals surface area (Å²) in [5.74, 6) is 2.05. The molecule has 0 amide bonds. The molecule has 274 valence electrons. The first kappa shape index (κ1) is 34.1. The summed E-state index contributed by atoms with van der Waals surface area (Å²) in [5, 5.41) is 0. The van der Waals surface area contributed by atoms with Crippen molar-refractivity contribution in [2.24, 2.45) is 0 Å². The van der Waals surface area contributed by atoms with Gasteiger partial charge in [0, 0.05) is 28.5 Å². The Kier molecular flexibility index (Phi) is 7.90. The van der Waals surface area contributed by atoms with Crippen molar-refractivity contribution in [2.75, 3.05) is 0 Å². The van der Waals surface area contributed by atoms with Gasteiger partial charge < -0.3 is 0 Å². The van der Waals surface area contributed by atoms with Crippen LogP contribution in [0.25, 0.3) is 89.8 Å². The fourth-order valence-corrected chi connectivity index (χ4v) is 9.25. The summed E-state index contributed by atoms with van der Waals surface area (Å²) in [5.41, 5.74) is 20.5. The molecule has 9 aromatic rings. The molecule has 0 saturated carbocycles. The topological polar surface area (TPSA) is 38.7 Å². The molecule has 0 aliphatic heterocycles. The third kappa shape index (κ3) is 5.62. The summed E-state index contributed by atoms with van der Waals surface area (Å²) < 4.78 is 0. The summed E-state index contributed by atoms with van der Waals surface area (Å²) in [4.78, 5) is 15.6. The molecule has 0 spiro atoms. The Balaban J connectivity index is 0.983. The van der Waals surface area contributed by atoms with Crippen molar-refractivity contribution in [3.8, 4) is 89.8 Å². The Bertz CT molecular complexity index is 3040. The summed E-state index contributed by atoms with van der Waals surface area (Å²) >= 11 is 0. The first-order valence-corrected chi connectivity index (χ1v) is 20.1. The second-order valence-electron chi connectivity index (χ2n) is 16.0. The molecule has 1 aromatic heterocycles. The molecule has 0 saturated heterocycles. The number of hydrogen-bond acceptors (Lipinski definition) is 3. The summed E-state index contributed by atoms with van der Waals surface area (Å²) in [6.45, 7) is 4.63. The van der Waals surface area contributed by atoms with E-state index >= 15 is 0 Å². The van der Waals surface area contributed by atoms with Crippen molar-refractivity contribution >= 4 is 0 Å². The van der Waals surface area contributed by atoms with Crippen molar-refractivity contribution in [1.82, 2.24) is 15.0 Å². The quantitative estimate of drug-likeness (QED) is 0.170. The Labute approximate surface area is 339 Å². The normalized spacial score (nSPS) is 13.1. The zero-order valence-electron chi connectivity index (χ0n) is 32.4. The van der Waals surface area contributed by atoms with Gasteiger partial charge in [-0.15, -0.1) is 0 Å². The summed E-state index contributed by atoms with van der Waals surface area (Å²) in [6.07, 6.45) is 0.792. The molecule has 0 atom stereocenters. The lowest BCUT2D eigenvalue weighted by molar-refractivity contribution is 0.660. The van der Waals surface area contributed by atoms with Gasteiger partial charge in [0.2, 0.25) is 0 Å². The van der Waals surface area contributed by atoms with Crippen LogP contribution in [0.4, 0.5) is 0 Å². The first-order valence-electron chi connectivity index (χ1n) is 20.1. The van der Waals surface area contributed by atoms with Gasteiger partial charge in [-0.25, -0.2) is 15.0 Å². The molecule has 0 unspecified atom stereocenters. The number of aromatic nitrogens is 3. The molecular formula is C55H39N3. The molecule has 58 heavy (non-hydrogen) atoms. The van der Waals surface area contributed by atoms with Crippen molar-refractivity contribution in [2.45, 2.75) is 25.7 Å². The highest BCUT2D eigenvalue weighted by atomic mass is 15.0. The van der Waals surface area contributed by atoms with E-state index in [1.54, 1.807) is 0 Å². The highest BCUT2D eigenvalue weighted by Crippen LogP contribution is 2.50. The molecule has 0 radical (unpaired) electrons. The van der Waals surface area contributed by atoms with Crippen LogP contribution in [0.15, 0.2) is 188 Å². The van der Waals surface area contributed by atoms with E-state index in [2.05, 4.69) is 184 Å². The Morgan fingerprint density at radius 3 is 1.52 bits per heavy atom. The number of fused-ring (bicyclic) bond motifs is 6. The van der Waals surface area contributed by atoms with Crippen LogP contribution in [0.3, 0.4) is 0 Å². The van der Waals surface area contributed by atoms with E-state index in [9.17, 15) is 0 Å². The van der Waals surface area contributed by atoms with Crippen molar-refractivity contribution < 1.29 is 0 Å². The Hall–Kier alpha value is -7.23. The fraction of sp³-hybridized carbons (Fsp3) is 0.0727. The van der Waals surface area contributed by atoms with E-state index < -0.39 is 0 Å². The predicted octanol–water partition coefficient (Wildman–Crippen LogP) is 13.8. The second-order valence-corrected chi connectivity index (χ2v) is 16.0. The van der Waals surface area contributed by atoms with Crippen LogP contribution in [-0.4, -0.2) is 15.0 Å².